The molecule has 1 aromatic rings. The Kier molecular flexibility index (Phi) is 3.71. The molecular weight excluding hydrogens is 192 g/mol. The molecule has 0 aliphatic carbocycles. The second kappa shape index (κ2) is 4.60. The van der Waals surface area contributed by atoms with E-state index in [1.54, 1.807) is 6.92 Å². The van der Waals surface area contributed by atoms with Gasteiger partial charge < -0.3 is 15.2 Å². The highest BCUT2D eigenvalue weighted by molar-refractivity contribution is 6.17. The predicted octanol–water partition coefficient (Wildman–Crippen LogP) is 0.741. The number of rotatable bonds is 4. The quantitative estimate of drug-likeness (QED) is 0.634. The van der Waals surface area contributed by atoms with Crippen LogP contribution in [0.2, 0.25) is 0 Å². The van der Waals surface area contributed by atoms with Crippen molar-refractivity contribution in [1.82, 2.24) is 9.97 Å². The first-order valence-electron chi connectivity index (χ1n) is 4.08. The van der Waals surface area contributed by atoms with Crippen molar-refractivity contribution in [2.45, 2.75) is 25.6 Å². The summed E-state index contributed by atoms with van der Waals surface area (Å²) in [6, 6.07) is 0. The Morgan fingerprint density at radius 3 is 2.77 bits per heavy atom. The summed E-state index contributed by atoms with van der Waals surface area (Å²) < 4.78 is 0. The molecule has 74 valence electrons. The van der Waals surface area contributed by atoms with Gasteiger partial charge in [-0.1, -0.05) is 0 Å². The summed E-state index contributed by atoms with van der Waals surface area (Å²) in [6.07, 6.45) is 0.0422. The van der Waals surface area contributed by atoms with Crippen molar-refractivity contribution in [2.75, 3.05) is 5.88 Å². The second-order valence-corrected chi connectivity index (χ2v) is 3.28. The van der Waals surface area contributed by atoms with Gasteiger partial charge in [0.2, 0.25) is 0 Å². The monoisotopic (exact) mass is 204 g/mol. The summed E-state index contributed by atoms with van der Waals surface area (Å²) in [7, 11) is 0. The van der Waals surface area contributed by atoms with Crippen LogP contribution in [0.3, 0.4) is 0 Å². The van der Waals surface area contributed by atoms with Crippen molar-refractivity contribution in [3.8, 4) is 0 Å². The molecule has 2 unspecified atom stereocenters. The van der Waals surface area contributed by atoms with Gasteiger partial charge >= 0.3 is 0 Å². The van der Waals surface area contributed by atoms with Gasteiger partial charge in [-0.05, 0) is 13.3 Å². The van der Waals surface area contributed by atoms with Gasteiger partial charge in [-0.15, -0.1) is 11.6 Å². The van der Waals surface area contributed by atoms with E-state index in [0.717, 1.165) is 5.69 Å². The molecule has 13 heavy (non-hydrogen) atoms. The third-order valence-electron chi connectivity index (χ3n) is 1.92. The third-order valence-corrected chi connectivity index (χ3v) is 2.14. The predicted molar refractivity (Wildman–Crippen MR) is 49.6 cm³/mol. The molecule has 0 aliphatic heterocycles. The van der Waals surface area contributed by atoms with Gasteiger partial charge in [0.15, 0.2) is 0 Å². The number of imidazole rings is 1. The molecule has 0 aliphatic rings. The number of aromatic nitrogens is 2. The minimum Gasteiger partial charge on any atom is -0.390 e. The summed E-state index contributed by atoms with van der Waals surface area (Å²) in [5.74, 6) is 0.321. The van der Waals surface area contributed by atoms with Gasteiger partial charge in [-0.25, -0.2) is 4.98 Å². The molecular formula is C8H13ClN2O2. The number of nitrogens with zero attached hydrogens (tertiary/aromatic N) is 1. The SMILES string of the molecule is Cc1[nH]cnc1C(O)C(O)CCCl. The molecule has 1 aromatic heterocycles. The molecule has 0 radical (unpaired) electrons. The Balaban J connectivity index is 2.67. The first kappa shape index (κ1) is 10.5. The van der Waals surface area contributed by atoms with Crippen molar-refractivity contribution < 1.29 is 10.2 Å². The Hall–Kier alpha value is -0.580. The maximum absolute atomic E-state index is 9.60. The number of halogens is 1. The normalized spacial score (nSPS) is 15.7. The average Bonchev–Trinajstić information content (AvgIpc) is 2.50. The maximum Gasteiger partial charge on any atom is 0.124 e. The van der Waals surface area contributed by atoms with Crippen LogP contribution in [0.15, 0.2) is 6.33 Å². The lowest BCUT2D eigenvalue weighted by Gasteiger charge is -2.15. The van der Waals surface area contributed by atoms with Gasteiger partial charge in [-0.2, -0.15) is 0 Å². The van der Waals surface area contributed by atoms with E-state index in [2.05, 4.69) is 9.97 Å². The Labute approximate surface area is 81.6 Å². The summed E-state index contributed by atoms with van der Waals surface area (Å²) >= 11 is 5.44. The fraction of sp³-hybridized carbons (Fsp3) is 0.625. The number of aliphatic hydroxyl groups is 2. The van der Waals surface area contributed by atoms with Crippen molar-refractivity contribution in [2.24, 2.45) is 0 Å². The van der Waals surface area contributed by atoms with Crippen LogP contribution in [0.1, 0.15) is 23.9 Å². The number of aliphatic hydroxyl groups excluding tert-OH is 2. The lowest BCUT2D eigenvalue weighted by atomic mass is 10.1. The number of hydrogen-bond donors (Lipinski definition) is 3. The molecule has 1 heterocycles. The smallest absolute Gasteiger partial charge is 0.124 e. The molecule has 0 spiro atoms. The van der Waals surface area contributed by atoms with Gasteiger partial charge in [0, 0.05) is 11.6 Å². The molecule has 2 atom stereocenters. The van der Waals surface area contributed by atoms with E-state index in [0.29, 0.717) is 18.0 Å². The van der Waals surface area contributed by atoms with E-state index in [9.17, 15) is 10.2 Å². The summed E-state index contributed by atoms with van der Waals surface area (Å²) in [4.78, 5) is 6.74. The van der Waals surface area contributed by atoms with Crippen LogP contribution >= 0.6 is 11.6 Å². The van der Waals surface area contributed by atoms with Crippen LogP contribution in [-0.2, 0) is 0 Å². The molecule has 0 saturated heterocycles. The molecule has 0 amide bonds. The highest BCUT2D eigenvalue weighted by Gasteiger charge is 2.21. The Morgan fingerprint density at radius 1 is 1.62 bits per heavy atom. The van der Waals surface area contributed by atoms with E-state index in [1.807, 2.05) is 0 Å². The van der Waals surface area contributed by atoms with Crippen LogP contribution in [0.5, 0.6) is 0 Å². The third kappa shape index (κ3) is 2.43. The second-order valence-electron chi connectivity index (χ2n) is 2.90. The molecule has 1 rings (SSSR count). The first-order valence-corrected chi connectivity index (χ1v) is 4.62. The molecule has 0 fully saturated rings. The molecule has 4 nitrogen and oxygen atoms in total. The van der Waals surface area contributed by atoms with Crippen LogP contribution in [0.4, 0.5) is 0 Å². The van der Waals surface area contributed by atoms with Crippen molar-refractivity contribution in [3.05, 3.63) is 17.7 Å². The fourth-order valence-corrected chi connectivity index (χ4v) is 1.34. The summed E-state index contributed by atoms with van der Waals surface area (Å²) in [5, 5.41) is 19.0. The fourth-order valence-electron chi connectivity index (χ4n) is 1.12. The first-order chi connectivity index (χ1) is 6.16. The Bertz CT molecular complexity index is 264. The van der Waals surface area contributed by atoms with Crippen LogP contribution < -0.4 is 0 Å². The summed E-state index contributed by atoms with van der Waals surface area (Å²) in [6.45, 7) is 1.79. The van der Waals surface area contributed by atoms with Gasteiger partial charge in [-0.3, -0.25) is 0 Å². The Morgan fingerprint density at radius 2 is 2.31 bits per heavy atom. The number of H-pyrrole nitrogens is 1. The van der Waals surface area contributed by atoms with Crippen molar-refractivity contribution >= 4 is 11.6 Å². The standard InChI is InChI=1S/C8H13ClN2O2/c1-5-7(11-4-10-5)8(13)6(12)2-3-9/h4,6,8,12-13H,2-3H2,1H3,(H,10,11). The zero-order chi connectivity index (χ0) is 9.84. The lowest BCUT2D eigenvalue weighted by molar-refractivity contribution is 0.0143. The van der Waals surface area contributed by atoms with Crippen LogP contribution in [0.25, 0.3) is 0 Å². The van der Waals surface area contributed by atoms with Crippen molar-refractivity contribution in [1.29, 1.82) is 0 Å². The van der Waals surface area contributed by atoms with Crippen LogP contribution in [-0.4, -0.2) is 32.2 Å². The molecule has 3 N–H and O–H groups in total. The van der Waals surface area contributed by atoms with E-state index in [-0.39, 0.29) is 0 Å². The largest absolute Gasteiger partial charge is 0.390 e. The lowest BCUT2D eigenvalue weighted by Crippen LogP contribution is -2.19. The summed E-state index contributed by atoms with van der Waals surface area (Å²) in [5.41, 5.74) is 1.25. The number of aryl methyl sites for hydroxylation is 1. The number of aromatic amines is 1. The average molecular weight is 205 g/mol. The maximum atomic E-state index is 9.60. The minimum absolute atomic E-state index is 0.321. The molecule has 0 bridgehead atoms. The minimum atomic E-state index is -0.954. The number of alkyl halides is 1. The van der Waals surface area contributed by atoms with Gasteiger partial charge in [0.25, 0.3) is 0 Å². The number of nitrogens with one attached hydrogen (secondary N) is 1. The van der Waals surface area contributed by atoms with Gasteiger partial charge in [0.1, 0.15) is 6.10 Å². The molecule has 0 saturated carbocycles. The van der Waals surface area contributed by atoms with Gasteiger partial charge in [0.05, 0.1) is 18.1 Å². The zero-order valence-corrected chi connectivity index (χ0v) is 8.12. The van der Waals surface area contributed by atoms with Crippen LogP contribution in [0, 0.1) is 6.92 Å². The number of hydrogen-bond acceptors (Lipinski definition) is 3. The zero-order valence-electron chi connectivity index (χ0n) is 7.37. The van der Waals surface area contributed by atoms with E-state index in [4.69, 9.17) is 11.6 Å². The van der Waals surface area contributed by atoms with E-state index < -0.39 is 12.2 Å². The van der Waals surface area contributed by atoms with E-state index in [1.165, 1.54) is 6.33 Å². The molecule has 5 heteroatoms. The van der Waals surface area contributed by atoms with E-state index >= 15 is 0 Å². The highest BCUT2D eigenvalue weighted by atomic mass is 35.5. The highest BCUT2D eigenvalue weighted by Crippen LogP contribution is 2.19. The molecule has 0 aromatic carbocycles. The topological polar surface area (TPSA) is 69.1 Å². The van der Waals surface area contributed by atoms with Crippen molar-refractivity contribution in [3.63, 3.8) is 0 Å².